The predicted octanol–water partition coefficient (Wildman–Crippen LogP) is 0.651. The lowest BCUT2D eigenvalue weighted by Gasteiger charge is -2.10. The Labute approximate surface area is 164 Å². The highest BCUT2D eigenvalue weighted by Gasteiger charge is 2.18. The SMILES string of the molecule is C=CCn1c(=O)n(CC=C)c(=O)n(Cc2nc(-c3ccccc3OC)no2)c1=O. The molecule has 2 heterocycles. The van der Waals surface area contributed by atoms with Crippen LogP contribution in [0.2, 0.25) is 0 Å². The maximum Gasteiger partial charge on any atom is 0.337 e. The minimum Gasteiger partial charge on any atom is -0.496 e. The lowest BCUT2D eigenvalue weighted by Crippen LogP contribution is -2.54. The molecule has 0 radical (unpaired) electrons. The zero-order valence-electron chi connectivity index (χ0n) is 15.8. The summed E-state index contributed by atoms with van der Waals surface area (Å²) in [4.78, 5) is 42.0. The molecule has 3 aromatic rings. The first-order valence-corrected chi connectivity index (χ1v) is 8.64. The van der Waals surface area contributed by atoms with Crippen molar-refractivity contribution in [3.63, 3.8) is 0 Å². The summed E-state index contributed by atoms with van der Waals surface area (Å²) in [5.41, 5.74) is -1.73. The first-order valence-electron chi connectivity index (χ1n) is 8.64. The first kappa shape index (κ1) is 19.8. The van der Waals surface area contributed by atoms with Gasteiger partial charge >= 0.3 is 17.1 Å². The van der Waals surface area contributed by atoms with E-state index in [9.17, 15) is 14.4 Å². The van der Waals surface area contributed by atoms with Gasteiger partial charge < -0.3 is 9.26 Å². The average molecular weight is 397 g/mol. The van der Waals surface area contributed by atoms with E-state index in [2.05, 4.69) is 23.3 Å². The van der Waals surface area contributed by atoms with Crippen LogP contribution in [0, 0.1) is 0 Å². The molecule has 0 atom stereocenters. The molecule has 0 unspecified atom stereocenters. The quantitative estimate of drug-likeness (QED) is 0.513. The molecule has 0 aliphatic carbocycles. The lowest BCUT2D eigenvalue weighted by molar-refractivity contribution is 0.359. The zero-order valence-corrected chi connectivity index (χ0v) is 15.8. The third kappa shape index (κ3) is 3.72. The molecular weight excluding hydrogens is 378 g/mol. The van der Waals surface area contributed by atoms with Gasteiger partial charge in [0.25, 0.3) is 0 Å². The van der Waals surface area contributed by atoms with E-state index in [4.69, 9.17) is 9.26 Å². The van der Waals surface area contributed by atoms with E-state index in [0.717, 1.165) is 13.7 Å². The van der Waals surface area contributed by atoms with Crippen molar-refractivity contribution in [2.24, 2.45) is 0 Å². The van der Waals surface area contributed by atoms with Crippen LogP contribution < -0.4 is 21.8 Å². The van der Waals surface area contributed by atoms with E-state index in [1.54, 1.807) is 24.3 Å². The Morgan fingerprint density at radius 2 is 1.59 bits per heavy atom. The summed E-state index contributed by atoms with van der Waals surface area (Å²) < 4.78 is 13.1. The number of para-hydroxylation sites is 1. The van der Waals surface area contributed by atoms with Gasteiger partial charge in [0, 0.05) is 0 Å². The Balaban J connectivity index is 2.07. The van der Waals surface area contributed by atoms with Gasteiger partial charge in [-0.05, 0) is 12.1 Å². The fourth-order valence-corrected chi connectivity index (χ4v) is 2.78. The summed E-state index contributed by atoms with van der Waals surface area (Å²) in [7, 11) is 1.52. The maximum absolute atomic E-state index is 12.7. The first-order chi connectivity index (χ1) is 14.0. The van der Waals surface area contributed by atoms with Gasteiger partial charge in [0.05, 0.1) is 25.8 Å². The van der Waals surface area contributed by atoms with Crippen LogP contribution in [-0.2, 0) is 19.6 Å². The molecule has 3 rings (SSSR count). The van der Waals surface area contributed by atoms with Crippen LogP contribution >= 0.6 is 0 Å². The number of ether oxygens (including phenoxy) is 1. The highest BCUT2D eigenvalue weighted by Crippen LogP contribution is 2.26. The van der Waals surface area contributed by atoms with Crippen LogP contribution in [0.4, 0.5) is 0 Å². The summed E-state index contributed by atoms with van der Waals surface area (Å²) in [6, 6.07) is 7.08. The van der Waals surface area contributed by atoms with Gasteiger partial charge in [0.1, 0.15) is 12.3 Å². The van der Waals surface area contributed by atoms with Gasteiger partial charge in [-0.2, -0.15) is 4.98 Å². The van der Waals surface area contributed by atoms with Gasteiger partial charge in [-0.15, -0.1) is 13.2 Å². The largest absolute Gasteiger partial charge is 0.496 e. The summed E-state index contributed by atoms with van der Waals surface area (Å²) in [5.74, 6) is 0.820. The van der Waals surface area contributed by atoms with Gasteiger partial charge in [0.2, 0.25) is 11.7 Å². The van der Waals surface area contributed by atoms with Crippen LogP contribution in [0.1, 0.15) is 5.89 Å². The summed E-state index contributed by atoms with van der Waals surface area (Å²) in [6.45, 7) is 6.67. The van der Waals surface area contributed by atoms with Crippen LogP contribution in [0.3, 0.4) is 0 Å². The number of rotatable bonds is 8. The summed E-state index contributed by atoms with van der Waals surface area (Å²) in [5, 5.41) is 3.89. The van der Waals surface area contributed by atoms with Crippen LogP contribution in [0.5, 0.6) is 5.75 Å². The monoisotopic (exact) mass is 397 g/mol. The zero-order chi connectivity index (χ0) is 21.0. The molecule has 1 aromatic carbocycles. The molecular formula is C19H19N5O5. The molecule has 0 saturated carbocycles. The smallest absolute Gasteiger partial charge is 0.337 e. The van der Waals surface area contributed by atoms with Crippen molar-refractivity contribution in [1.29, 1.82) is 0 Å². The van der Waals surface area contributed by atoms with Gasteiger partial charge in [-0.3, -0.25) is 0 Å². The van der Waals surface area contributed by atoms with Gasteiger partial charge in [-0.25, -0.2) is 28.1 Å². The highest BCUT2D eigenvalue weighted by molar-refractivity contribution is 5.63. The number of hydrogen-bond acceptors (Lipinski definition) is 7. The van der Waals surface area contributed by atoms with E-state index in [-0.39, 0.29) is 31.3 Å². The molecule has 0 N–H and O–H groups in total. The van der Waals surface area contributed by atoms with E-state index in [0.29, 0.717) is 11.3 Å². The molecule has 0 bridgehead atoms. The van der Waals surface area contributed by atoms with Gasteiger partial charge in [-0.1, -0.05) is 29.4 Å². The van der Waals surface area contributed by atoms with E-state index in [1.165, 1.54) is 19.3 Å². The molecule has 10 nitrogen and oxygen atoms in total. The molecule has 0 aliphatic heterocycles. The highest BCUT2D eigenvalue weighted by atomic mass is 16.5. The second-order valence-corrected chi connectivity index (χ2v) is 5.94. The Bertz CT molecular complexity index is 1180. The number of benzene rings is 1. The standard InChI is InChI=1S/C19H19N5O5/c1-4-10-22-17(25)23(11-5-2)19(27)24(18(22)26)12-15-20-16(21-29-15)13-8-6-7-9-14(13)28-3/h4-9H,1-2,10-12H2,3H3. The Morgan fingerprint density at radius 3 is 2.17 bits per heavy atom. The Kier molecular flexibility index (Phi) is 5.72. The molecule has 10 heteroatoms. The number of methoxy groups -OCH3 is 1. The van der Waals surface area contributed by atoms with Crippen molar-refractivity contribution in [3.05, 3.63) is 86.9 Å². The summed E-state index contributed by atoms with van der Waals surface area (Å²) >= 11 is 0. The van der Waals surface area contributed by atoms with Crippen molar-refractivity contribution in [2.75, 3.05) is 7.11 Å². The van der Waals surface area contributed by atoms with Crippen molar-refractivity contribution in [3.8, 4) is 17.1 Å². The van der Waals surface area contributed by atoms with E-state index >= 15 is 0 Å². The van der Waals surface area contributed by atoms with Crippen molar-refractivity contribution < 1.29 is 9.26 Å². The van der Waals surface area contributed by atoms with Crippen molar-refractivity contribution in [2.45, 2.75) is 19.6 Å². The fourth-order valence-electron chi connectivity index (χ4n) is 2.78. The molecule has 0 spiro atoms. The van der Waals surface area contributed by atoms with E-state index in [1.807, 2.05) is 0 Å². The van der Waals surface area contributed by atoms with Crippen LogP contribution in [0.25, 0.3) is 11.4 Å². The van der Waals surface area contributed by atoms with E-state index < -0.39 is 17.1 Å². The fraction of sp³-hybridized carbons (Fsp3) is 0.211. The average Bonchev–Trinajstić information content (AvgIpc) is 3.20. The number of allylic oxidation sites excluding steroid dienone is 2. The molecule has 0 aliphatic rings. The number of nitrogens with zero attached hydrogens (tertiary/aromatic N) is 5. The lowest BCUT2D eigenvalue weighted by atomic mass is 10.2. The number of aromatic nitrogens is 5. The molecule has 0 fully saturated rings. The molecule has 0 amide bonds. The van der Waals surface area contributed by atoms with Crippen molar-refractivity contribution >= 4 is 0 Å². The predicted molar refractivity (Wildman–Crippen MR) is 105 cm³/mol. The molecule has 0 saturated heterocycles. The molecule has 2 aromatic heterocycles. The second kappa shape index (κ2) is 8.38. The molecule has 150 valence electrons. The summed E-state index contributed by atoms with van der Waals surface area (Å²) in [6.07, 6.45) is 2.78. The van der Waals surface area contributed by atoms with Crippen LogP contribution in [-0.4, -0.2) is 31.0 Å². The minimum atomic E-state index is -0.794. The maximum atomic E-state index is 12.7. The third-order valence-corrected chi connectivity index (χ3v) is 4.12. The molecule has 29 heavy (non-hydrogen) atoms. The van der Waals surface area contributed by atoms with Crippen molar-refractivity contribution in [1.82, 2.24) is 23.8 Å². The van der Waals surface area contributed by atoms with Gasteiger partial charge in [0.15, 0.2) is 0 Å². The topological polar surface area (TPSA) is 114 Å². The Hall–Kier alpha value is -3.95. The Morgan fingerprint density at radius 1 is 1.00 bits per heavy atom. The third-order valence-electron chi connectivity index (χ3n) is 4.12. The van der Waals surface area contributed by atoms with Crippen LogP contribution in [0.15, 0.2) is 68.5 Å². The second-order valence-electron chi connectivity index (χ2n) is 5.94. The number of hydrogen-bond donors (Lipinski definition) is 0. The normalized spacial score (nSPS) is 10.7. The minimum absolute atomic E-state index is 0.0269.